The molecule has 0 aliphatic heterocycles. The van der Waals surface area contributed by atoms with E-state index in [0.717, 1.165) is 173 Å². The molecule has 0 saturated carbocycles. The van der Waals surface area contributed by atoms with Crippen molar-refractivity contribution < 1.29 is 8.83 Å². The molecule has 8 aromatic heterocycles. The van der Waals surface area contributed by atoms with Crippen LogP contribution in [0, 0.1) is 11.3 Å². The number of rotatable bonds is 5. The van der Waals surface area contributed by atoms with Crippen LogP contribution in [0.5, 0.6) is 0 Å². The summed E-state index contributed by atoms with van der Waals surface area (Å²) in [6.45, 7) is 0. The number of hydrogen-bond donors (Lipinski definition) is 0. The highest BCUT2D eigenvalue weighted by atomic mass is 32.1. The number of furan rings is 2. The molecular weight excluding hydrogens is 1210 g/mol. The minimum absolute atomic E-state index is 0.490. The molecule has 22 aromatic rings. The molecule has 0 spiro atoms. The van der Waals surface area contributed by atoms with Gasteiger partial charge in [0.1, 0.15) is 34.0 Å². The molecule has 0 fully saturated rings. The number of thiophene rings is 3. The van der Waals surface area contributed by atoms with Gasteiger partial charge >= 0.3 is 0 Å². The monoisotopic (exact) mass is 1250 g/mol. The van der Waals surface area contributed by atoms with Gasteiger partial charge in [-0.2, -0.15) is 5.26 Å². The highest BCUT2D eigenvalue weighted by Gasteiger charge is 2.37. The first-order valence-corrected chi connectivity index (χ1v) is 34.1. The maximum atomic E-state index is 13.6. The Morgan fingerprint density at radius 1 is 0.266 bits per heavy atom. The molecule has 0 aliphatic carbocycles. The predicted molar refractivity (Wildman–Crippen MR) is 398 cm³/mol. The van der Waals surface area contributed by atoms with E-state index in [9.17, 15) is 5.26 Å². The van der Waals surface area contributed by atoms with Gasteiger partial charge in [0, 0.05) is 123 Å². The standard InChI is InChI=1S/C85H44N4O2S3/c86-45-64-75(87-65-31-9-1-19-46(65)54-39-42-59-51-24-6-14-36-70(51)92-83(59)77(54)87)73(62-29-17-27-57-49-22-4-12-34-68(49)90-81(57)62)80(89-67-33-11-3-21-48(67)56-41-44-61-53-26-8-16-38-72(53)94-85(61)79(56)89)74(63-30-18-28-58-50-23-5-13-35-69(50)91-82(58)63)76(64)88-66-32-10-2-20-47(66)55-40-43-60-52-25-7-15-37-71(52)93-84(60)78(55)88/h1-44H. The first-order valence-electron chi connectivity index (χ1n) is 31.6. The van der Waals surface area contributed by atoms with E-state index >= 15 is 0 Å². The number of nitrogens with zero attached hydrogens (tertiary/aromatic N) is 4. The summed E-state index contributed by atoms with van der Waals surface area (Å²) >= 11 is 5.47. The predicted octanol–water partition coefficient (Wildman–Crippen LogP) is 25.1. The van der Waals surface area contributed by atoms with Crippen molar-refractivity contribution in [2.24, 2.45) is 0 Å². The van der Waals surface area contributed by atoms with Gasteiger partial charge in [-0.25, -0.2) is 0 Å². The smallest absolute Gasteiger partial charge is 0.143 e. The maximum absolute atomic E-state index is 13.6. The molecule has 0 saturated heterocycles. The zero-order chi connectivity index (χ0) is 61.2. The van der Waals surface area contributed by atoms with Gasteiger partial charge in [-0.15, -0.1) is 34.0 Å². The van der Waals surface area contributed by atoms with Crippen molar-refractivity contribution in [1.29, 1.82) is 5.26 Å². The van der Waals surface area contributed by atoms with Gasteiger partial charge < -0.3 is 22.5 Å². The lowest BCUT2D eigenvalue weighted by Crippen LogP contribution is -2.13. The number of para-hydroxylation sites is 7. The summed E-state index contributed by atoms with van der Waals surface area (Å²) in [6.07, 6.45) is 0. The van der Waals surface area contributed by atoms with E-state index in [1.54, 1.807) is 0 Å². The fourth-order valence-corrected chi connectivity index (χ4v) is 20.0. The summed E-state index contributed by atoms with van der Waals surface area (Å²) in [4.78, 5) is 0. The van der Waals surface area contributed by atoms with Gasteiger partial charge in [0.2, 0.25) is 0 Å². The number of aromatic nitrogens is 3. The van der Waals surface area contributed by atoms with Gasteiger partial charge in [-0.3, -0.25) is 0 Å². The van der Waals surface area contributed by atoms with Crippen LogP contribution in [0.4, 0.5) is 0 Å². The summed E-state index contributed by atoms with van der Waals surface area (Å²) in [5.74, 6) is 0. The topological polar surface area (TPSA) is 64.9 Å². The van der Waals surface area contributed by atoms with Gasteiger partial charge in [-0.1, -0.05) is 218 Å². The summed E-state index contributed by atoms with van der Waals surface area (Å²) in [7, 11) is 0. The lowest BCUT2D eigenvalue weighted by molar-refractivity contribution is 0.670. The Morgan fingerprint density at radius 3 is 0.957 bits per heavy atom. The van der Waals surface area contributed by atoms with Crippen LogP contribution < -0.4 is 0 Å². The van der Waals surface area contributed by atoms with Crippen LogP contribution in [-0.4, -0.2) is 13.7 Å². The Morgan fingerprint density at radius 2 is 0.574 bits per heavy atom. The highest BCUT2D eigenvalue weighted by molar-refractivity contribution is 7.27. The van der Waals surface area contributed by atoms with Crippen LogP contribution in [-0.2, 0) is 0 Å². The minimum Gasteiger partial charge on any atom is -0.455 e. The van der Waals surface area contributed by atoms with E-state index < -0.39 is 0 Å². The molecule has 0 bridgehead atoms. The van der Waals surface area contributed by atoms with Crippen molar-refractivity contribution in [3.8, 4) is 45.4 Å². The van der Waals surface area contributed by atoms with E-state index in [-0.39, 0.29) is 0 Å². The molecule has 0 aliphatic rings. The van der Waals surface area contributed by atoms with E-state index in [1.807, 2.05) is 34.0 Å². The average molecular weight is 1250 g/mol. The first-order chi connectivity index (χ1) is 46.6. The van der Waals surface area contributed by atoms with Crippen LogP contribution in [0.3, 0.4) is 0 Å². The quantitative estimate of drug-likeness (QED) is 0.172. The third kappa shape index (κ3) is 6.55. The number of hydrogen-bond acceptors (Lipinski definition) is 6. The van der Waals surface area contributed by atoms with E-state index in [2.05, 4.69) is 287 Å². The van der Waals surface area contributed by atoms with Crippen LogP contribution in [0.15, 0.2) is 276 Å². The summed E-state index contributed by atoms with van der Waals surface area (Å²) < 4.78 is 29.5. The van der Waals surface area contributed by atoms with Gasteiger partial charge in [-0.05, 0) is 48.5 Å². The van der Waals surface area contributed by atoms with Crippen LogP contribution in [0.25, 0.3) is 209 Å². The molecule has 434 valence electrons. The second-order valence-electron chi connectivity index (χ2n) is 24.7. The van der Waals surface area contributed by atoms with Crippen LogP contribution in [0.1, 0.15) is 5.56 Å². The number of nitriles is 1. The molecule has 94 heavy (non-hydrogen) atoms. The normalized spacial score (nSPS) is 12.5. The maximum Gasteiger partial charge on any atom is 0.143 e. The Labute approximate surface area is 545 Å². The third-order valence-corrected chi connectivity index (χ3v) is 23.7. The molecule has 0 amide bonds. The zero-order valence-corrected chi connectivity index (χ0v) is 52.2. The largest absolute Gasteiger partial charge is 0.455 e. The van der Waals surface area contributed by atoms with Gasteiger partial charge in [0.05, 0.1) is 64.3 Å². The highest BCUT2D eigenvalue weighted by Crippen LogP contribution is 2.57. The van der Waals surface area contributed by atoms with Crippen molar-refractivity contribution in [3.05, 3.63) is 272 Å². The number of benzene rings is 14. The molecule has 6 nitrogen and oxygen atoms in total. The van der Waals surface area contributed by atoms with Crippen LogP contribution >= 0.6 is 34.0 Å². The Balaban J connectivity index is 1.10. The lowest BCUT2D eigenvalue weighted by Gasteiger charge is -2.29. The van der Waals surface area contributed by atoms with E-state index in [4.69, 9.17) is 8.83 Å². The van der Waals surface area contributed by atoms with Crippen molar-refractivity contribution in [1.82, 2.24) is 13.7 Å². The molecule has 0 atom stereocenters. The van der Waals surface area contributed by atoms with Gasteiger partial charge in [0.15, 0.2) is 0 Å². The Kier molecular flexibility index (Phi) is 10.1. The molecular formula is C85H44N4O2S3. The molecule has 14 aromatic carbocycles. The molecule has 0 N–H and O–H groups in total. The summed E-state index contributed by atoms with van der Waals surface area (Å²) in [6, 6.07) is 100. The lowest BCUT2D eigenvalue weighted by atomic mass is 9.87. The summed E-state index contributed by atoms with van der Waals surface area (Å²) in [5, 5.41) is 31.3. The number of fused-ring (bicyclic) bond motifs is 27. The Hall–Kier alpha value is -11.8. The fraction of sp³-hybridized carbons (Fsp3) is 0. The third-order valence-electron chi connectivity index (χ3n) is 20.1. The van der Waals surface area contributed by atoms with Crippen LogP contribution in [0.2, 0.25) is 0 Å². The molecule has 8 heterocycles. The Bertz CT molecular complexity index is 6880. The molecule has 0 radical (unpaired) electrons. The summed E-state index contributed by atoms with van der Waals surface area (Å²) in [5.41, 5.74) is 15.3. The van der Waals surface area contributed by atoms with Crippen molar-refractivity contribution in [3.63, 3.8) is 0 Å². The molecule has 9 heteroatoms. The first kappa shape index (κ1) is 50.9. The second kappa shape index (κ2) is 18.7. The molecule has 22 rings (SSSR count). The van der Waals surface area contributed by atoms with E-state index in [0.29, 0.717) is 5.56 Å². The second-order valence-corrected chi connectivity index (χ2v) is 27.9. The van der Waals surface area contributed by atoms with Crippen molar-refractivity contribution in [2.45, 2.75) is 0 Å². The SMILES string of the molecule is N#Cc1c(-n2c3ccccc3c3ccc4c5ccccc5sc4c32)c(-c2cccc3c2oc2ccccc23)c(-n2c3ccccc3c3ccc4c5ccccc5sc4c32)c(-c2cccc3c2oc2ccccc23)c1-n1c2ccccc2c2ccc3c4ccccc4sc3c21. The van der Waals surface area contributed by atoms with Crippen molar-refractivity contribution >= 4 is 204 Å². The zero-order valence-electron chi connectivity index (χ0n) is 49.7. The minimum atomic E-state index is 0.490. The van der Waals surface area contributed by atoms with Crippen molar-refractivity contribution in [2.75, 3.05) is 0 Å². The van der Waals surface area contributed by atoms with Gasteiger partial charge in [0.25, 0.3) is 0 Å². The van der Waals surface area contributed by atoms with E-state index in [1.165, 1.54) is 35.6 Å². The molecule has 0 unspecified atom stereocenters. The fourth-order valence-electron chi connectivity index (χ4n) is 16.3. The average Bonchev–Trinajstić information content (AvgIpc) is 1.44.